The first kappa shape index (κ1) is 10.4. The van der Waals surface area contributed by atoms with Crippen LogP contribution in [-0.4, -0.2) is 12.9 Å². The van der Waals surface area contributed by atoms with Crippen molar-refractivity contribution < 1.29 is 13.9 Å². The molecule has 0 N–H and O–H groups in total. The van der Waals surface area contributed by atoms with Crippen molar-refractivity contribution in [2.24, 2.45) is 0 Å². The Morgan fingerprint density at radius 1 is 1.60 bits per heavy atom. The van der Waals surface area contributed by atoms with Crippen LogP contribution < -0.4 is 4.74 Å². The molecule has 2 aromatic heterocycles. The number of carbonyl (C=O) groups excluding carboxylic acids is 1. The van der Waals surface area contributed by atoms with E-state index in [0.717, 1.165) is 0 Å². The first-order valence-corrected chi connectivity index (χ1v) is 5.80. The minimum absolute atomic E-state index is 0.139. The molecule has 0 aromatic carbocycles. The average molecular weight is 287 g/mol. The minimum Gasteiger partial charge on any atom is -0.496 e. The fraction of sp³-hybridized carbons (Fsp3) is 0.100. The zero-order chi connectivity index (χ0) is 10.8. The van der Waals surface area contributed by atoms with Gasteiger partial charge in [0.2, 0.25) is 5.78 Å². The Bertz CT molecular complexity index is 486. The molecular weight excluding hydrogens is 280 g/mol. The molecular formula is C10H7BrO3S. The van der Waals surface area contributed by atoms with Gasteiger partial charge >= 0.3 is 0 Å². The number of methoxy groups -OCH3 is 1. The van der Waals surface area contributed by atoms with Gasteiger partial charge < -0.3 is 9.15 Å². The van der Waals surface area contributed by atoms with Crippen molar-refractivity contribution in [3.05, 3.63) is 38.9 Å². The molecule has 2 aromatic rings. The molecule has 0 bridgehead atoms. The maximum absolute atomic E-state index is 11.9. The molecule has 2 rings (SSSR count). The molecule has 0 radical (unpaired) electrons. The van der Waals surface area contributed by atoms with Crippen LogP contribution in [0.2, 0.25) is 0 Å². The third-order valence-electron chi connectivity index (χ3n) is 1.86. The molecule has 0 saturated heterocycles. The molecule has 0 amide bonds. The van der Waals surface area contributed by atoms with Gasteiger partial charge in [-0.05, 0) is 22.0 Å². The van der Waals surface area contributed by atoms with E-state index in [1.54, 1.807) is 24.6 Å². The smallest absolute Gasteiger partial charge is 0.239 e. The Kier molecular flexibility index (Phi) is 2.93. The van der Waals surface area contributed by atoms with Gasteiger partial charge in [-0.3, -0.25) is 4.79 Å². The Labute approximate surface area is 98.8 Å². The van der Waals surface area contributed by atoms with Crippen LogP contribution in [0.15, 0.2) is 32.7 Å². The molecule has 15 heavy (non-hydrogen) atoms. The van der Waals surface area contributed by atoms with Crippen LogP contribution >= 0.6 is 27.3 Å². The predicted octanol–water partition coefficient (Wildman–Crippen LogP) is 3.34. The van der Waals surface area contributed by atoms with Gasteiger partial charge in [-0.25, -0.2) is 0 Å². The van der Waals surface area contributed by atoms with Crippen LogP contribution in [-0.2, 0) is 0 Å². The van der Waals surface area contributed by atoms with Crippen molar-refractivity contribution in [1.29, 1.82) is 0 Å². The summed E-state index contributed by atoms with van der Waals surface area (Å²) in [7, 11) is 1.57. The maximum atomic E-state index is 11.9. The predicted molar refractivity (Wildman–Crippen MR) is 60.7 cm³/mol. The lowest BCUT2D eigenvalue weighted by Gasteiger charge is -1.93. The van der Waals surface area contributed by atoms with Crippen LogP contribution in [0.5, 0.6) is 5.75 Å². The number of ketones is 1. The second-order valence-electron chi connectivity index (χ2n) is 2.78. The lowest BCUT2D eigenvalue weighted by atomic mass is 10.2. The van der Waals surface area contributed by atoms with Crippen LogP contribution in [0.25, 0.3) is 0 Å². The maximum Gasteiger partial charge on any atom is 0.239 e. The van der Waals surface area contributed by atoms with Gasteiger partial charge in [0.1, 0.15) is 5.75 Å². The summed E-state index contributed by atoms with van der Waals surface area (Å²) in [5, 5.41) is 1.78. The van der Waals surface area contributed by atoms with E-state index >= 15 is 0 Å². The highest BCUT2D eigenvalue weighted by molar-refractivity contribution is 9.10. The van der Waals surface area contributed by atoms with Gasteiger partial charge in [0.25, 0.3) is 0 Å². The van der Waals surface area contributed by atoms with Crippen molar-refractivity contribution >= 4 is 33.0 Å². The number of hydrogen-bond donors (Lipinski definition) is 0. The standard InChI is InChI=1S/C10H7BrO3S/c1-13-6-4-8(15-5-6)9(12)10-7(11)2-3-14-10/h2-5H,1H3. The summed E-state index contributed by atoms with van der Waals surface area (Å²) in [5.41, 5.74) is 0. The van der Waals surface area contributed by atoms with Gasteiger partial charge in [0.05, 0.1) is 22.7 Å². The summed E-state index contributed by atoms with van der Waals surface area (Å²) in [5.74, 6) is 0.866. The Hall–Kier alpha value is -1.07. The van der Waals surface area contributed by atoms with Gasteiger partial charge in [-0.2, -0.15) is 0 Å². The largest absolute Gasteiger partial charge is 0.496 e. The molecule has 0 spiro atoms. The first-order chi connectivity index (χ1) is 7.22. The topological polar surface area (TPSA) is 39.4 Å². The van der Waals surface area contributed by atoms with Gasteiger partial charge in [0, 0.05) is 11.4 Å². The van der Waals surface area contributed by atoms with Crippen molar-refractivity contribution in [1.82, 2.24) is 0 Å². The second-order valence-corrected chi connectivity index (χ2v) is 4.54. The third-order valence-corrected chi connectivity index (χ3v) is 3.39. The van der Waals surface area contributed by atoms with E-state index in [1.807, 2.05) is 0 Å². The van der Waals surface area contributed by atoms with Crippen molar-refractivity contribution in [3.8, 4) is 5.75 Å². The molecule has 0 aliphatic rings. The highest BCUT2D eigenvalue weighted by atomic mass is 79.9. The van der Waals surface area contributed by atoms with Crippen LogP contribution in [0.3, 0.4) is 0 Å². The van der Waals surface area contributed by atoms with E-state index in [-0.39, 0.29) is 5.78 Å². The van der Waals surface area contributed by atoms with E-state index in [2.05, 4.69) is 15.9 Å². The SMILES string of the molecule is COc1csc(C(=O)c2occc2Br)c1. The number of thiophene rings is 1. The lowest BCUT2D eigenvalue weighted by Crippen LogP contribution is -1.96. The highest BCUT2D eigenvalue weighted by Crippen LogP contribution is 2.27. The second kappa shape index (κ2) is 4.20. The number of hydrogen-bond acceptors (Lipinski definition) is 4. The molecule has 3 nitrogen and oxygen atoms in total. The molecule has 0 saturated carbocycles. The molecule has 0 atom stereocenters. The summed E-state index contributed by atoms with van der Waals surface area (Å²) in [4.78, 5) is 12.5. The molecule has 0 aliphatic heterocycles. The Morgan fingerprint density at radius 3 is 2.93 bits per heavy atom. The van der Waals surface area contributed by atoms with Crippen LogP contribution in [0.1, 0.15) is 15.4 Å². The number of furan rings is 1. The molecule has 0 fully saturated rings. The first-order valence-electron chi connectivity index (χ1n) is 4.12. The fourth-order valence-electron chi connectivity index (χ4n) is 1.11. The van der Waals surface area contributed by atoms with E-state index < -0.39 is 0 Å². The van der Waals surface area contributed by atoms with E-state index in [9.17, 15) is 4.79 Å². The van der Waals surface area contributed by atoms with Gasteiger partial charge in [-0.15, -0.1) is 11.3 Å². The summed E-state index contributed by atoms with van der Waals surface area (Å²) >= 11 is 4.58. The Balaban J connectivity index is 2.32. The molecule has 78 valence electrons. The Morgan fingerprint density at radius 2 is 2.40 bits per heavy atom. The molecule has 0 unspecified atom stereocenters. The summed E-state index contributed by atoms with van der Waals surface area (Å²) in [6.45, 7) is 0. The number of rotatable bonds is 3. The van der Waals surface area contributed by atoms with Crippen molar-refractivity contribution in [3.63, 3.8) is 0 Å². The molecule has 5 heteroatoms. The van der Waals surface area contributed by atoms with Gasteiger partial charge in [-0.1, -0.05) is 0 Å². The van der Waals surface area contributed by atoms with Crippen molar-refractivity contribution in [2.45, 2.75) is 0 Å². The number of halogens is 1. The summed E-state index contributed by atoms with van der Waals surface area (Å²) in [6, 6.07) is 3.39. The lowest BCUT2D eigenvalue weighted by molar-refractivity contribution is 0.101. The zero-order valence-corrected chi connectivity index (χ0v) is 10.2. The minimum atomic E-state index is -0.139. The van der Waals surface area contributed by atoms with E-state index in [4.69, 9.17) is 9.15 Å². The normalized spacial score (nSPS) is 10.3. The highest BCUT2D eigenvalue weighted by Gasteiger charge is 2.18. The van der Waals surface area contributed by atoms with E-state index in [0.29, 0.717) is 20.9 Å². The monoisotopic (exact) mass is 286 g/mol. The molecule has 0 aliphatic carbocycles. The summed E-state index contributed by atoms with van der Waals surface area (Å²) < 4.78 is 10.8. The number of ether oxygens (including phenoxy) is 1. The van der Waals surface area contributed by atoms with E-state index in [1.165, 1.54) is 17.6 Å². The van der Waals surface area contributed by atoms with Crippen LogP contribution in [0, 0.1) is 0 Å². The average Bonchev–Trinajstić information content (AvgIpc) is 2.84. The fourth-order valence-corrected chi connectivity index (χ4v) is 2.29. The quantitative estimate of drug-likeness (QED) is 0.813. The number of carbonyl (C=O) groups is 1. The third kappa shape index (κ3) is 1.98. The molecule has 2 heterocycles. The van der Waals surface area contributed by atoms with Crippen LogP contribution in [0.4, 0.5) is 0 Å². The van der Waals surface area contributed by atoms with Crippen molar-refractivity contribution in [2.75, 3.05) is 7.11 Å². The van der Waals surface area contributed by atoms with Gasteiger partial charge in [0.15, 0.2) is 5.76 Å². The summed E-state index contributed by atoms with van der Waals surface area (Å²) in [6.07, 6.45) is 1.47. The zero-order valence-electron chi connectivity index (χ0n) is 7.82.